The maximum atomic E-state index is 13.6. The lowest BCUT2D eigenvalue weighted by atomic mass is 9.95. The number of halogens is 1. The largest absolute Gasteiger partial charge is 0.334 e. The highest BCUT2D eigenvalue weighted by molar-refractivity contribution is 6.36. The van der Waals surface area contributed by atoms with Gasteiger partial charge in [0, 0.05) is 34.8 Å². The first-order chi connectivity index (χ1) is 15.1. The number of benzene rings is 3. The fourth-order valence-electron chi connectivity index (χ4n) is 3.76. The molecule has 0 bridgehead atoms. The summed E-state index contributed by atoms with van der Waals surface area (Å²) in [6, 6.07) is 22.2. The molecule has 0 unspecified atom stereocenters. The Kier molecular flexibility index (Phi) is 6.16. The number of hydroxylamine groups is 1. The number of hydrogen-bond donors (Lipinski definition) is 2. The second kappa shape index (κ2) is 9.16. The zero-order valence-corrected chi connectivity index (χ0v) is 17.5. The highest BCUT2D eigenvalue weighted by Crippen LogP contribution is 2.30. The molecule has 0 radical (unpaired) electrons. The molecular formula is C25H21ClN2O3. The lowest BCUT2D eigenvalue weighted by molar-refractivity contribution is -0.125. The third kappa shape index (κ3) is 4.53. The lowest BCUT2D eigenvalue weighted by Gasteiger charge is -2.30. The first-order valence-electron chi connectivity index (χ1n) is 9.94. The molecule has 1 aliphatic heterocycles. The molecular weight excluding hydrogens is 412 g/mol. The lowest BCUT2D eigenvalue weighted by Crippen LogP contribution is -2.36. The summed E-state index contributed by atoms with van der Waals surface area (Å²) in [5, 5.41) is 9.42. The van der Waals surface area contributed by atoms with Gasteiger partial charge in [-0.05, 0) is 47.4 Å². The van der Waals surface area contributed by atoms with Gasteiger partial charge in [0.2, 0.25) is 0 Å². The zero-order valence-electron chi connectivity index (χ0n) is 16.7. The van der Waals surface area contributed by atoms with Crippen molar-refractivity contribution in [1.29, 1.82) is 0 Å². The highest BCUT2D eigenvalue weighted by atomic mass is 35.5. The smallest absolute Gasteiger partial charge is 0.274 e. The molecule has 5 nitrogen and oxygen atoms in total. The van der Waals surface area contributed by atoms with Crippen LogP contribution in [0.1, 0.15) is 32.6 Å². The van der Waals surface area contributed by atoms with Gasteiger partial charge in [-0.1, -0.05) is 66.2 Å². The third-order valence-corrected chi connectivity index (χ3v) is 5.70. The van der Waals surface area contributed by atoms with Crippen LogP contribution in [0, 0.1) is 0 Å². The molecule has 0 aromatic heterocycles. The summed E-state index contributed by atoms with van der Waals surface area (Å²) in [4.78, 5) is 27.2. The second-order valence-electron chi connectivity index (χ2n) is 7.35. The quantitative estimate of drug-likeness (QED) is 0.274. The van der Waals surface area contributed by atoms with Crippen LogP contribution in [-0.2, 0) is 17.8 Å². The van der Waals surface area contributed by atoms with Crippen molar-refractivity contribution in [3.63, 3.8) is 0 Å². The van der Waals surface area contributed by atoms with Gasteiger partial charge in [0.1, 0.15) is 0 Å². The number of nitrogens with one attached hydrogen (secondary N) is 1. The third-order valence-electron chi connectivity index (χ3n) is 5.37. The van der Waals surface area contributed by atoms with Gasteiger partial charge in [-0.15, -0.1) is 0 Å². The van der Waals surface area contributed by atoms with Crippen LogP contribution in [-0.4, -0.2) is 28.5 Å². The van der Waals surface area contributed by atoms with Crippen molar-refractivity contribution in [2.75, 3.05) is 6.54 Å². The maximum Gasteiger partial charge on any atom is 0.274 e. The van der Waals surface area contributed by atoms with E-state index in [4.69, 9.17) is 16.8 Å². The molecule has 31 heavy (non-hydrogen) atoms. The molecule has 6 heteroatoms. The van der Waals surface area contributed by atoms with Crippen molar-refractivity contribution in [1.82, 2.24) is 10.4 Å². The van der Waals surface area contributed by atoms with Crippen molar-refractivity contribution in [3.8, 4) is 0 Å². The van der Waals surface area contributed by atoms with Crippen LogP contribution in [0.4, 0.5) is 0 Å². The fraction of sp³-hybridized carbons (Fsp3) is 0.120. The van der Waals surface area contributed by atoms with Gasteiger partial charge in [-0.2, -0.15) is 0 Å². The Bertz CT molecular complexity index is 1160. The minimum Gasteiger partial charge on any atom is -0.334 e. The van der Waals surface area contributed by atoms with Crippen LogP contribution in [0.25, 0.3) is 11.6 Å². The Labute approximate surface area is 185 Å². The Morgan fingerprint density at radius 3 is 2.45 bits per heavy atom. The summed E-state index contributed by atoms with van der Waals surface area (Å²) in [6.45, 7) is 0.936. The molecule has 1 heterocycles. The van der Waals surface area contributed by atoms with Crippen LogP contribution >= 0.6 is 11.6 Å². The topological polar surface area (TPSA) is 69.6 Å². The van der Waals surface area contributed by atoms with Crippen molar-refractivity contribution >= 4 is 35.1 Å². The number of rotatable bonds is 4. The second-order valence-corrected chi connectivity index (χ2v) is 7.76. The van der Waals surface area contributed by atoms with Crippen LogP contribution < -0.4 is 5.48 Å². The summed E-state index contributed by atoms with van der Waals surface area (Å²) in [5.74, 6) is -0.702. The van der Waals surface area contributed by atoms with E-state index in [1.165, 1.54) is 0 Å². The van der Waals surface area contributed by atoms with Gasteiger partial charge >= 0.3 is 0 Å². The molecule has 0 spiro atoms. The predicted octanol–water partition coefficient (Wildman–Crippen LogP) is 4.58. The van der Waals surface area contributed by atoms with Gasteiger partial charge in [-0.3, -0.25) is 14.8 Å². The molecule has 2 N–H and O–H groups in total. The summed E-state index contributed by atoms with van der Waals surface area (Å²) in [6.07, 6.45) is 2.54. The molecule has 4 rings (SSSR count). The molecule has 0 atom stereocenters. The number of amides is 2. The molecule has 1 aliphatic rings. The standard InChI is InChI=1S/C25H21ClN2O3/c26-23-9-5-4-8-21(23)22(14-17-6-2-1-3-7-17)25(30)28-13-12-18-10-11-19(24(29)27-31)15-20(18)16-28/h1-11,14-15,31H,12-13,16H2,(H,27,29)/b22-14+. The van der Waals surface area contributed by atoms with E-state index < -0.39 is 5.91 Å². The molecule has 2 amide bonds. The normalized spacial score (nSPS) is 13.5. The SMILES string of the molecule is O=C(NO)c1ccc2c(c1)CN(C(=O)/C(=C/c1ccccc1)c1ccccc1Cl)CC2. The number of nitrogens with zero attached hydrogens (tertiary/aromatic N) is 1. The molecule has 3 aromatic carbocycles. The molecule has 3 aromatic rings. The van der Waals surface area contributed by atoms with E-state index in [1.807, 2.05) is 60.7 Å². The Hall–Kier alpha value is -3.41. The van der Waals surface area contributed by atoms with E-state index in [-0.39, 0.29) is 5.91 Å². The number of hydrogen-bond acceptors (Lipinski definition) is 3. The van der Waals surface area contributed by atoms with Crippen LogP contribution in [0.5, 0.6) is 0 Å². The van der Waals surface area contributed by atoms with Crippen LogP contribution in [0.15, 0.2) is 72.8 Å². The van der Waals surface area contributed by atoms with Crippen molar-refractivity contribution in [2.24, 2.45) is 0 Å². The number of fused-ring (bicyclic) bond motifs is 1. The summed E-state index contributed by atoms with van der Waals surface area (Å²) >= 11 is 6.44. The number of carbonyl (C=O) groups excluding carboxylic acids is 2. The molecule has 156 valence electrons. The zero-order chi connectivity index (χ0) is 21.8. The Balaban J connectivity index is 1.69. The predicted molar refractivity (Wildman–Crippen MR) is 121 cm³/mol. The van der Waals surface area contributed by atoms with E-state index >= 15 is 0 Å². The monoisotopic (exact) mass is 432 g/mol. The van der Waals surface area contributed by atoms with Gasteiger partial charge in [0.05, 0.1) is 0 Å². The van der Waals surface area contributed by atoms with E-state index in [9.17, 15) is 9.59 Å². The summed E-state index contributed by atoms with van der Waals surface area (Å²) in [7, 11) is 0. The molecule has 0 aliphatic carbocycles. The van der Waals surface area contributed by atoms with E-state index in [1.54, 1.807) is 28.6 Å². The minimum atomic E-state index is -0.577. The highest BCUT2D eigenvalue weighted by Gasteiger charge is 2.26. The van der Waals surface area contributed by atoms with Crippen molar-refractivity contribution in [2.45, 2.75) is 13.0 Å². The molecule has 0 fully saturated rings. The molecule has 0 saturated heterocycles. The van der Waals surface area contributed by atoms with E-state index in [0.29, 0.717) is 41.2 Å². The van der Waals surface area contributed by atoms with E-state index in [2.05, 4.69) is 0 Å². The Morgan fingerprint density at radius 1 is 0.968 bits per heavy atom. The number of carbonyl (C=O) groups is 2. The molecule has 0 saturated carbocycles. The van der Waals surface area contributed by atoms with Crippen molar-refractivity contribution in [3.05, 3.63) is 106 Å². The average Bonchev–Trinajstić information content (AvgIpc) is 2.82. The van der Waals surface area contributed by atoms with Crippen LogP contribution in [0.3, 0.4) is 0 Å². The van der Waals surface area contributed by atoms with Gasteiger partial charge in [0.15, 0.2) is 0 Å². The summed E-state index contributed by atoms with van der Waals surface area (Å²) in [5.41, 5.74) is 6.08. The van der Waals surface area contributed by atoms with Gasteiger partial charge < -0.3 is 4.90 Å². The van der Waals surface area contributed by atoms with E-state index in [0.717, 1.165) is 16.7 Å². The fourth-order valence-corrected chi connectivity index (χ4v) is 3.99. The summed E-state index contributed by atoms with van der Waals surface area (Å²) < 4.78 is 0. The van der Waals surface area contributed by atoms with Crippen LogP contribution in [0.2, 0.25) is 5.02 Å². The Morgan fingerprint density at radius 2 is 1.71 bits per heavy atom. The van der Waals surface area contributed by atoms with Gasteiger partial charge in [0.25, 0.3) is 11.8 Å². The minimum absolute atomic E-state index is 0.125. The maximum absolute atomic E-state index is 13.6. The average molecular weight is 433 g/mol. The first kappa shape index (κ1) is 20.8. The first-order valence-corrected chi connectivity index (χ1v) is 10.3. The van der Waals surface area contributed by atoms with Crippen molar-refractivity contribution < 1.29 is 14.8 Å². The van der Waals surface area contributed by atoms with Gasteiger partial charge in [-0.25, -0.2) is 5.48 Å².